The van der Waals surface area contributed by atoms with Crippen LogP contribution < -0.4 is 4.90 Å². The number of anilines is 1. The summed E-state index contributed by atoms with van der Waals surface area (Å²) < 4.78 is 5.14. The first-order valence-electron chi connectivity index (χ1n) is 5.30. The van der Waals surface area contributed by atoms with Gasteiger partial charge in [0.25, 0.3) is 5.91 Å². The lowest BCUT2D eigenvalue weighted by Crippen LogP contribution is -2.49. The Labute approximate surface area is 98.8 Å². The Hall–Kier alpha value is -1.90. The quantitative estimate of drug-likeness (QED) is 0.795. The molecular weight excluding hydrogens is 220 g/mol. The van der Waals surface area contributed by atoms with Crippen LogP contribution in [0.2, 0.25) is 0 Å². The van der Waals surface area contributed by atoms with Crippen LogP contribution in [0.1, 0.15) is 5.56 Å². The number of morpholine rings is 1. The minimum atomic E-state index is -0.797. The molecule has 0 aliphatic carbocycles. The summed E-state index contributed by atoms with van der Waals surface area (Å²) in [7, 11) is 0. The first-order chi connectivity index (χ1) is 8.26. The molecule has 1 aliphatic heterocycles. The van der Waals surface area contributed by atoms with Gasteiger partial charge in [-0.2, -0.15) is 5.26 Å². The van der Waals surface area contributed by atoms with Crippen LogP contribution in [0.25, 0.3) is 0 Å². The number of rotatable bonds is 2. The number of aliphatic hydroxyl groups excluding tert-OH is 1. The summed E-state index contributed by atoms with van der Waals surface area (Å²) in [5.41, 5.74) is 1.16. The van der Waals surface area contributed by atoms with Crippen LogP contribution in [-0.4, -0.2) is 36.9 Å². The first kappa shape index (κ1) is 11.6. The molecule has 1 aromatic rings. The topological polar surface area (TPSA) is 73.6 Å². The van der Waals surface area contributed by atoms with E-state index in [4.69, 9.17) is 15.1 Å². The Morgan fingerprint density at radius 2 is 2.41 bits per heavy atom. The lowest BCUT2D eigenvalue weighted by atomic mass is 10.1. The summed E-state index contributed by atoms with van der Waals surface area (Å²) in [4.78, 5) is 13.4. The Morgan fingerprint density at radius 3 is 3.12 bits per heavy atom. The Kier molecular flexibility index (Phi) is 3.38. The van der Waals surface area contributed by atoms with Crippen molar-refractivity contribution in [1.82, 2.24) is 0 Å². The zero-order valence-corrected chi connectivity index (χ0v) is 9.17. The number of benzene rings is 1. The fourth-order valence-corrected chi connectivity index (χ4v) is 1.77. The zero-order valence-electron chi connectivity index (χ0n) is 9.17. The van der Waals surface area contributed by atoms with Crippen molar-refractivity contribution in [2.24, 2.45) is 0 Å². The predicted molar refractivity (Wildman–Crippen MR) is 60.3 cm³/mol. The number of amides is 1. The summed E-state index contributed by atoms with van der Waals surface area (Å²) in [6.45, 7) is 0.491. The van der Waals surface area contributed by atoms with Gasteiger partial charge in [-0.05, 0) is 18.2 Å². The number of hydrogen-bond acceptors (Lipinski definition) is 4. The van der Waals surface area contributed by atoms with E-state index in [9.17, 15) is 4.79 Å². The van der Waals surface area contributed by atoms with Gasteiger partial charge in [0, 0.05) is 12.2 Å². The smallest absolute Gasteiger partial charge is 0.258 e. The molecule has 17 heavy (non-hydrogen) atoms. The molecule has 1 unspecified atom stereocenters. The maximum Gasteiger partial charge on any atom is 0.258 e. The van der Waals surface area contributed by atoms with Crippen LogP contribution >= 0.6 is 0 Å². The van der Waals surface area contributed by atoms with Crippen molar-refractivity contribution in [3.05, 3.63) is 29.8 Å². The maximum atomic E-state index is 11.9. The molecule has 1 aliphatic rings. The van der Waals surface area contributed by atoms with Gasteiger partial charge in [-0.15, -0.1) is 0 Å². The fraction of sp³-hybridized carbons (Fsp3) is 0.333. The van der Waals surface area contributed by atoms with E-state index in [1.54, 1.807) is 24.3 Å². The summed E-state index contributed by atoms with van der Waals surface area (Å²) in [6.07, 6.45) is -0.797. The number of nitrogens with zero attached hydrogens (tertiary/aromatic N) is 2. The molecule has 5 nitrogen and oxygen atoms in total. The second-order valence-electron chi connectivity index (χ2n) is 3.69. The lowest BCUT2D eigenvalue weighted by Gasteiger charge is -2.31. The molecule has 1 amide bonds. The minimum absolute atomic E-state index is 0.270. The van der Waals surface area contributed by atoms with E-state index in [0.717, 1.165) is 0 Å². The Balaban J connectivity index is 2.26. The molecule has 1 fully saturated rings. The highest BCUT2D eigenvalue weighted by Crippen LogP contribution is 2.19. The SMILES string of the molecule is N#Cc1cccc(N2CCOC(CO)C2=O)c1. The number of nitriles is 1. The molecule has 0 saturated carbocycles. The number of aliphatic hydroxyl groups is 1. The van der Waals surface area contributed by atoms with E-state index in [2.05, 4.69) is 0 Å². The number of carbonyl (C=O) groups is 1. The van der Waals surface area contributed by atoms with Crippen molar-refractivity contribution in [2.75, 3.05) is 24.7 Å². The van der Waals surface area contributed by atoms with Gasteiger partial charge < -0.3 is 14.7 Å². The largest absolute Gasteiger partial charge is 0.393 e. The highest BCUT2D eigenvalue weighted by Gasteiger charge is 2.29. The summed E-state index contributed by atoms with van der Waals surface area (Å²) in [5.74, 6) is -0.270. The van der Waals surface area contributed by atoms with Gasteiger partial charge in [-0.25, -0.2) is 0 Å². The lowest BCUT2D eigenvalue weighted by molar-refractivity contribution is -0.136. The normalized spacial score (nSPS) is 20.1. The average Bonchev–Trinajstić information content (AvgIpc) is 2.39. The molecule has 1 aromatic carbocycles. The summed E-state index contributed by atoms with van der Waals surface area (Å²) in [6, 6.07) is 8.85. The summed E-state index contributed by atoms with van der Waals surface area (Å²) in [5, 5.41) is 17.8. The zero-order chi connectivity index (χ0) is 12.3. The predicted octanol–water partition coefficient (Wildman–Crippen LogP) is 0.282. The molecule has 5 heteroatoms. The molecule has 0 aromatic heterocycles. The number of ether oxygens (including phenoxy) is 1. The van der Waals surface area contributed by atoms with E-state index in [1.807, 2.05) is 6.07 Å². The van der Waals surface area contributed by atoms with E-state index >= 15 is 0 Å². The van der Waals surface area contributed by atoms with Gasteiger partial charge in [-0.1, -0.05) is 6.07 Å². The third-order valence-corrected chi connectivity index (χ3v) is 2.63. The van der Waals surface area contributed by atoms with Crippen LogP contribution in [0.3, 0.4) is 0 Å². The second kappa shape index (κ2) is 4.95. The van der Waals surface area contributed by atoms with Crippen molar-refractivity contribution in [1.29, 1.82) is 5.26 Å². The van der Waals surface area contributed by atoms with Crippen molar-refractivity contribution < 1.29 is 14.6 Å². The van der Waals surface area contributed by atoms with Gasteiger partial charge in [-0.3, -0.25) is 4.79 Å². The standard InChI is InChI=1S/C12H12N2O3/c13-7-9-2-1-3-10(6-9)14-4-5-17-11(8-15)12(14)16/h1-3,6,11,15H,4-5,8H2. The van der Waals surface area contributed by atoms with Crippen LogP contribution in [0.15, 0.2) is 24.3 Å². The molecule has 1 N–H and O–H groups in total. The van der Waals surface area contributed by atoms with E-state index in [-0.39, 0.29) is 12.5 Å². The van der Waals surface area contributed by atoms with Crippen molar-refractivity contribution >= 4 is 11.6 Å². The van der Waals surface area contributed by atoms with Gasteiger partial charge in [0.2, 0.25) is 0 Å². The molecule has 1 heterocycles. The van der Waals surface area contributed by atoms with Crippen LogP contribution in [0.4, 0.5) is 5.69 Å². The van der Waals surface area contributed by atoms with Gasteiger partial charge >= 0.3 is 0 Å². The monoisotopic (exact) mass is 232 g/mol. The maximum absolute atomic E-state index is 11.9. The third-order valence-electron chi connectivity index (χ3n) is 2.63. The molecule has 0 bridgehead atoms. The van der Waals surface area contributed by atoms with Crippen molar-refractivity contribution in [3.63, 3.8) is 0 Å². The van der Waals surface area contributed by atoms with E-state index in [0.29, 0.717) is 24.4 Å². The highest BCUT2D eigenvalue weighted by atomic mass is 16.5. The van der Waals surface area contributed by atoms with Crippen LogP contribution in [0.5, 0.6) is 0 Å². The molecule has 0 radical (unpaired) electrons. The molecule has 0 spiro atoms. The van der Waals surface area contributed by atoms with Gasteiger partial charge in [0.05, 0.1) is 24.8 Å². The minimum Gasteiger partial charge on any atom is -0.393 e. The highest BCUT2D eigenvalue weighted by molar-refractivity contribution is 5.97. The Bertz CT molecular complexity index is 467. The molecule has 1 saturated heterocycles. The third kappa shape index (κ3) is 2.28. The molecule has 88 valence electrons. The van der Waals surface area contributed by atoms with Crippen molar-refractivity contribution in [2.45, 2.75) is 6.10 Å². The van der Waals surface area contributed by atoms with Crippen molar-refractivity contribution in [3.8, 4) is 6.07 Å². The number of hydrogen-bond donors (Lipinski definition) is 1. The Morgan fingerprint density at radius 1 is 1.59 bits per heavy atom. The van der Waals surface area contributed by atoms with Gasteiger partial charge in [0.15, 0.2) is 6.10 Å². The molecule has 1 atom stereocenters. The van der Waals surface area contributed by atoms with Crippen LogP contribution in [0, 0.1) is 11.3 Å². The fourth-order valence-electron chi connectivity index (χ4n) is 1.77. The average molecular weight is 232 g/mol. The first-order valence-corrected chi connectivity index (χ1v) is 5.30. The van der Waals surface area contributed by atoms with Crippen LogP contribution in [-0.2, 0) is 9.53 Å². The van der Waals surface area contributed by atoms with E-state index < -0.39 is 6.10 Å². The second-order valence-corrected chi connectivity index (χ2v) is 3.69. The van der Waals surface area contributed by atoms with E-state index in [1.165, 1.54) is 4.90 Å². The number of carbonyl (C=O) groups excluding carboxylic acids is 1. The summed E-state index contributed by atoms with van der Waals surface area (Å²) >= 11 is 0. The van der Waals surface area contributed by atoms with Gasteiger partial charge in [0.1, 0.15) is 0 Å². The molecular formula is C12H12N2O3. The molecule has 2 rings (SSSR count).